The van der Waals surface area contributed by atoms with E-state index in [1.807, 2.05) is 0 Å². The molecule has 1 aliphatic heterocycles. The average Bonchev–Trinajstić information content (AvgIpc) is 3.34. The zero-order chi connectivity index (χ0) is 19.7. The Hall–Kier alpha value is -3.88. The molecule has 0 saturated heterocycles. The Kier molecular flexibility index (Phi) is 4.40. The van der Waals surface area contributed by atoms with Crippen molar-refractivity contribution in [3.05, 3.63) is 69.4 Å². The highest BCUT2D eigenvalue weighted by Crippen LogP contribution is 2.36. The van der Waals surface area contributed by atoms with Crippen LogP contribution in [0, 0.1) is 17.0 Å². The van der Waals surface area contributed by atoms with Crippen LogP contribution in [0.25, 0.3) is 11.3 Å². The van der Waals surface area contributed by atoms with Crippen molar-refractivity contribution in [3.63, 3.8) is 0 Å². The minimum absolute atomic E-state index is 0.0942. The van der Waals surface area contributed by atoms with E-state index in [-0.39, 0.29) is 24.7 Å². The quantitative estimate of drug-likeness (QED) is 0.373. The molecule has 0 atom stereocenters. The molecule has 2 heterocycles. The van der Waals surface area contributed by atoms with Gasteiger partial charge in [-0.1, -0.05) is 11.2 Å². The molecule has 28 heavy (non-hydrogen) atoms. The van der Waals surface area contributed by atoms with E-state index in [1.165, 1.54) is 18.2 Å². The fourth-order valence-electron chi connectivity index (χ4n) is 2.72. The van der Waals surface area contributed by atoms with E-state index in [1.54, 1.807) is 31.2 Å². The Balaban J connectivity index is 1.44. The molecule has 0 radical (unpaired) electrons. The van der Waals surface area contributed by atoms with E-state index in [4.69, 9.17) is 18.7 Å². The predicted molar refractivity (Wildman–Crippen MR) is 95.0 cm³/mol. The van der Waals surface area contributed by atoms with Crippen molar-refractivity contribution in [2.24, 2.45) is 0 Å². The number of aryl methyl sites for hydroxylation is 1. The predicted octanol–water partition coefficient (Wildman–Crippen LogP) is 3.64. The zero-order valence-corrected chi connectivity index (χ0v) is 14.7. The first kappa shape index (κ1) is 17.5. The fraction of sp³-hybridized carbons (Fsp3) is 0.158. The number of hydrogen-bond acceptors (Lipinski definition) is 8. The van der Waals surface area contributed by atoms with Crippen LogP contribution in [0.15, 0.2) is 47.0 Å². The number of hydrogen-bond donors (Lipinski definition) is 0. The van der Waals surface area contributed by atoms with Gasteiger partial charge in [-0.05, 0) is 31.2 Å². The standard InChI is InChI=1S/C19H14N2O7/c1-11-2-3-13(6-15(11)21(23)24)19(22)25-9-14-8-17(28-20-14)12-4-5-16-18(7-12)27-10-26-16/h2-8H,9-10H2,1H3. The lowest BCUT2D eigenvalue weighted by Crippen LogP contribution is -2.06. The van der Waals surface area contributed by atoms with Gasteiger partial charge in [0.2, 0.25) is 6.79 Å². The maximum absolute atomic E-state index is 12.2. The first-order valence-electron chi connectivity index (χ1n) is 8.29. The summed E-state index contributed by atoms with van der Waals surface area (Å²) >= 11 is 0. The number of aromatic nitrogens is 1. The van der Waals surface area contributed by atoms with Gasteiger partial charge < -0.3 is 18.7 Å². The molecular formula is C19H14N2O7. The van der Waals surface area contributed by atoms with Crippen LogP contribution in [0.4, 0.5) is 5.69 Å². The molecule has 142 valence electrons. The van der Waals surface area contributed by atoms with Gasteiger partial charge in [0.25, 0.3) is 5.69 Å². The van der Waals surface area contributed by atoms with Crippen LogP contribution in [0.5, 0.6) is 11.5 Å². The van der Waals surface area contributed by atoms with Gasteiger partial charge in [-0.3, -0.25) is 10.1 Å². The van der Waals surface area contributed by atoms with E-state index in [2.05, 4.69) is 5.16 Å². The van der Waals surface area contributed by atoms with Gasteiger partial charge in [-0.2, -0.15) is 0 Å². The highest BCUT2D eigenvalue weighted by atomic mass is 16.7. The van der Waals surface area contributed by atoms with Crippen molar-refractivity contribution in [2.75, 3.05) is 6.79 Å². The summed E-state index contributed by atoms with van der Waals surface area (Å²) in [6.45, 7) is 1.64. The van der Waals surface area contributed by atoms with Gasteiger partial charge in [0.05, 0.1) is 10.5 Å². The smallest absolute Gasteiger partial charge is 0.338 e. The third kappa shape index (κ3) is 3.37. The summed E-state index contributed by atoms with van der Waals surface area (Å²) in [5.41, 5.74) is 1.57. The van der Waals surface area contributed by atoms with E-state index in [0.717, 1.165) is 5.56 Å². The number of rotatable bonds is 5. The number of carbonyl (C=O) groups is 1. The van der Waals surface area contributed by atoms with Crippen molar-refractivity contribution in [3.8, 4) is 22.8 Å². The third-order valence-corrected chi connectivity index (χ3v) is 4.21. The molecule has 4 rings (SSSR count). The second kappa shape index (κ2) is 7.03. The Morgan fingerprint density at radius 2 is 2.00 bits per heavy atom. The Bertz CT molecular complexity index is 1070. The highest BCUT2D eigenvalue weighted by Gasteiger charge is 2.18. The summed E-state index contributed by atoms with van der Waals surface area (Å²) in [4.78, 5) is 22.6. The van der Waals surface area contributed by atoms with Crippen LogP contribution in [0.3, 0.4) is 0 Å². The number of fused-ring (bicyclic) bond motifs is 1. The SMILES string of the molecule is Cc1ccc(C(=O)OCc2cc(-c3ccc4c(c3)OCO4)on2)cc1[N+](=O)[O-]. The van der Waals surface area contributed by atoms with Crippen LogP contribution in [0.2, 0.25) is 0 Å². The van der Waals surface area contributed by atoms with Crippen molar-refractivity contribution in [1.29, 1.82) is 0 Å². The summed E-state index contributed by atoms with van der Waals surface area (Å²) in [6.07, 6.45) is 0. The number of nitro benzene ring substituents is 1. The van der Waals surface area contributed by atoms with E-state index >= 15 is 0 Å². The first-order chi connectivity index (χ1) is 13.5. The molecule has 0 saturated carbocycles. The van der Waals surface area contributed by atoms with Gasteiger partial charge in [0, 0.05) is 23.3 Å². The topological polar surface area (TPSA) is 114 Å². The normalized spacial score (nSPS) is 12.0. The molecule has 0 fully saturated rings. The van der Waals surface area contributed by atoms with Crippen molar-refractivity contribution in [1.82, 2.24) is 5.16 Å². The van der Waals surface area contributed by atoms with Crippen molar-refractivity contribution >= 4 is 11.7 Å². The summed E-state index contributed by atoms with van der Waals surface area (Å²) in [7, 11) is 0. The molecule has 0 spiro atoms. The second-order valence-corrected chi connectivity index (χ2v) is 6.09. The van der Waals surface area contributed by atoms with Crippen molar-refractivity contribution in [2.45, 2.75) is 13.5 Å². The van der Waals surface area contributed by atoms with Crippen LogP contribution >= 0.6 is 0 Å². The highest BCUT2D eigenvalue weighted by molar-refractivity contribution is 5.90. The lowest BCUT2D eigenvalue weighted by atomic mass is 10.1. The largest absolute Gasteiger partial charge is 0.455 e. The van der Waals surface area contributed by atoms with Gasteiger partial charge in [-0.15, -0.1) is 0 Å². The van der Waals surface area contributed by atoms with E-state index < -0.39 is 10.9 Å². The van der Waals surface area contributed by atoms with E-state index in [9.17, 15) is 14.9 Å². The first-order valence-corrected chi connectivity index (χ1v) is 8.29. The van der Waals surface area contributed by atoms with E-state index in [0.29, 0.717) is 28.5 Å². The molecule has 2 aromatic carbocycles. The molecule has 3 aromatic rings. The molecule has 0 amide bonds. The number of nitrogens with zero attached hydrogens (tertiary/aromatic N) is 2. The lowest BCUT2D eigenvalue weighted by molar-refractivity contribution is -0.385. The summed E-state index contributed by atoms with van der Waals surface area (Å²) in [5.74, 6) is 1.07. The molecule has 0 aliphatic carbocycles. The molecule has 0 N–H and O–H groups in total. The summed E-state index contributed by atoms with van der Waals surface area (Å²) < 4.78 is 21.1. The Morgan fingerprint density at radius 3 is 2.82 bits per heavy atom. The minimum atomic E-state index is -0.685. The number of benzene rings is 2. The number of esters is 1. The van der Waals surface area contributed by atoms with Gasteiger partial charge in [0.1, 0.15) is 12.3 Å². The average molecular weight is 382 g/mol. The third-order valence-electron chi connectivity index (χ3n) is 4.21. The fourth-order valence-corrected chi connectivity index (χ4v) is 2.72. The minimum Gasteiger partial charge on any atom is -0.455 e. The second-order valence-electron chi connectivity index (χ2n) is 6.09. The molecule has 0 unspecified atom stereocenters. The summed E-state index contributed by atoms with van der Waals surface area (Å²) in [5, 5.41) is 14.9. The van der Waals surface area contributed by atoms with Crippen molar-refractivity contribution < 1.29 is 28.5 Å². The maximum Gasteiger partial charge on any atom is 0.338 e. The van der Waals surface area contributed by atoms with Gasteiger partial charge in [-0.25, -0.2) is 4.79 Å². The number of nitro groups is 1. The maximum atomic E-state index is 12.2. The number of ether oxygens (including phenoxy) is 3. The number of carbonyl (C=O) groups excluding carboxylic acids is 1. The van der Waals surface area contributed by atoms with Gasteiger partial charge in [0.15, 0.2) is 17.3 Å². The molecule has 1 aromatic heterocycles. The monoisotopic (exact) mass is 382 g/mol. The van der Waals surface area contributed by atoms with Crippen LogP contribution in [0.1, 0.15) is 21.6 Å². The lowest BCUT2D eigenvalue weighted by Gasteiger charge is -2.03. The molecule has 9 nitrogen and oxygen atoms in total. The molecular weight excluding hydrogens is 368 g/mol. The van der Waals surface area contributed by atoms with Crippen LogP contribution < -0.4 is 9.47 Å². The van der Waals surface area contributed by atoms with Crippen LogP contribution in [-0.2, 0) is 11.3 Å². The molecule has 9 heteroatoms. The van der Waals surface area contributed by atoms with Gasteiger partial charge >= 0.3 is 5.97 Å². The molecule has 0 bridgehead atoms. The summed E-state index contributed by atoms with van der Waals surface area (Å²) in [6, 6.07) is 11.2. The molecule has 1 aliphatic rings. The Morgan fingerprint density at radius 1 is 1.18 bits per heavy atom. The zero-order valence-electron chi connectivity index (χ0n) is 14.7. The van der Waals surface area contributed by atoms with Crippen LogP contribution in [-0.4, -0.2) is 22.8 Å². The Labute approximate surface area is 158 Å².